The van der Waals surface area contributed by atoms with Crippen LogP contribution in [0.2, 0.25) is 0 Å². The first-order valence-corrected chi connectivity index (χ1v) is 6.73. The molecule has 0 spiro atoms. The zero-order valence-electron chi connectivity index (χ0n) is 8.59. The van der Waals surface area contributed by atoms with Crippen LogP contribution in [0, 0.1) is 11.8 Å². The summed E-state index contributed by atoms with van der Waals surface area (Å²) < 4.78 is 0. The second-order valence-electron chi connectivity index (χ2n) is 4.46. The van der Waals surface area contributed by atoms with Gasteiger partial charge in [-0.15, -0.1) is 0 Å². The van der Waals surface area contributed by atoms with E-state index in [-0.39, 0.29) is 0 Å². The second kappa shape index (κ2) is 4.70. The van der Waals surface area contributed by atoms with Gasteiger partial charge in [-0.2, -0.15) is 11.8 Å². The Labute approximate surface area is 86.0 Å². The van der Waals surface area contributed by atoms with Gasteiger partial charge in [0.1, 0.15) is 0 Å². The molecule has 0 aromatic heterocycles. The minimum Gasteiger partial charge on any atom is -0.319 e. The summed E-state index contributed by atoms with van der Waals surface area (Å²) in [6, 6.07) is 0. The smallest absolute Gasteiger partial charge is 0.00979 e. The second-order valence-corrected chi connectivity index (χ2v) is 5.81. The predicted molar refractivity (Wildman–Crippen MR) is 60.2 cm³/mol. The monoisotopic (exact) mass is 199 g/mol. The van der Waals surface area contributed by atoms with Crippen molar-refractivity contribution in [3.8, 4) is 0 Å². The maximum absolute atomic E-state index is 3.38. The largest absolute Gasteiger partial charge is 0.319 e. The lowest BCUT2D eigenvalue weighted by Crippen LogP contribution is -2.37. The third-order valence-corrected chi connectivity index (χ3v) is 5.14. The van der Waals surface area contributed by atoms with Crippen molar-refractivity contribution in [2.24, 2.45) is 11.8 Å². The summed E-state index contributed by atoms with van der Waals surface area (Å²) in [5.74, 6) is 3.44. The molecule has 0 radical (unpaired) electrons. The summed E-state index contributed by atoms with van der Waals surface area (Å²) >= 11 is 2.20. The van der Waals surface area contributed by atoms with Crippen LogP contribution >= 0.6 is 11.8 Å². The molecule has 2 unspecified atom stereocenters. The molecule has 1 saturated heterocycles. The minimum atomic E-state index is 0.978. The Hall–Kier alpha value is 0.310. The summed E-state index contributed by atoms with van der Waals surface area (Å²) in [5.41, 5.74) is 0. The van der Waals surface area contributed by atoms with Crippen LogP contribution in [-0.4, -0.2) is 24.6 Å². The average molecular weight is 199 g/mol. The third kappa shape index (κ3) is 2.21. The van der Waals surface area contributed by atoms with Gasteiger partial charge in [0, 0.05) is 5.25 Å². The molecule has 2 aliphatic rings. The highest BCUT2D eigenvalue weighted by molar-refractivity contribution is 8.01. The molecule has 1 aliphatic carbocycles. The van der Waals surface area contributed by atoms with E-state index < -0.39 is 0 Å². The molecule has 0 aromatic carbocycles. The Bertz CT molecular complexity index is 150. The molecule has 0 aromatic rings. The van der Waals surface area contributed by atoms with Gasteiger partial charge in [0.2, 0.25) is 0 Å². The Balaban J connectivity index is 1.86. The number of rotatable bonds is 4. The lowest BCUT2D eigenvalue weighted by Gasteiger charge is -2.36. The highest BCUT2D eigenvalue weighted by Crippen LogP contribution is 2.42. The fourth-order valence-electron chi connectivity index (χ4n) is 2.81. The van der Waals surface area contributed by atoms with Gasteiger partial charge in [0.15, 0.2) is 0 Å². The van der Waals surface area contributed by atoms with Gasteiger partial charge in [-0.05, 0) is 37.6 Å². The first-order chi connectivity index (χ1) is 6.42. The van der Waals surface area contributed by atoms with Crippen LogP contribution in [0.1, 0.15) is 32.1 Å². The minimum absolute atomic E-state index is 0.978. The van der Waals surface area contributed by atoms with E-state index in [0.717, 1.165) is 17.1 Å². The van der Waals surface area contributed by atoms with Crippen LogP contribution < -0.4 is 5.32 Å². The molecule has 2 rings (SSSR count). The zero-order chi connectivity index (χ0) is 9.10. The first kappa shape index (κ1) is 9.85. The molecule has 13 heavy (non-hydrogen) atoms. The van der Waals surface area contributed by atoms with E-state index in [2.05, 4.69) is 24.1 Å². The van der Waals surface area contributed by atoms with Crippen LogP contribution in [0.3, 0.4) is 0 Å². The maximum atomic E-state index is 3.38. The highest BCUT2D eigenvalue weighted by atomic mass is 32.2. The lowest BCUT2D eigenvalue weighted by atomic mass is 9.86. The van der Waals surface area contributed by atoms with Gasteiger partial charge >= 0.3 is 0 Å². The fraction of sp³-hybridized carbons (Fsp3) is 1.00. The summed E-state index contributed by atoms with van der Waals surface area (Å²) in [6.07, 6.45) is 7.46. The van der Waals surface area contributed by atoms with Crippen molar-refractivity contribution in [2.75, 3.05) is 19.3 Å². The first-order valence-electron chi connectivity index (χ1n) is 5.68. The summed E-state index contributed by atoms with van der Waals surface area (Å²) in [5, 5.41) is 4.38. The van der Waals surface area contributed by atoms with Gasteiger partial charge in [0.25, 0.3) is 0 Å². The van der Waals surface area contributed by atoms with Crippen molar-refractivity contribution >= 4 is 11.8 Å². The van der Waals surface area contributed by atoms with E-state index >= 15 is 0 Å². The average Bonchev–Trinajstić information content (AvgIpc) is 2.51. The van der Waals surface area contributed by atoms with Crippen molar-refractivity contribution in [2.45, 2.75) is 37.4 Å². The van der Waals surface area contributed by atoms with Crippen molar-refractivity contribution in [3.63, 3.8) is 0 Å². The Morgan fingerprint density at radius 2 is 2.00 bits per heavy atom. The van der Waals surface area contributed by atoms with Gasteiger partial charge in [-0.25, -0.2) is 0 Å². The fourth-order valence-corrected chi connectivity index (χ4v) is 3.89. The van der Waals surface area contributed by atoms with Crippen LogP contribution in [-0.2, 0) is 0 Å². The van der Waals surface area contributed by atoms with Gasteiger partial charge < -0.3 is 5.32 Å². The molecule has 2 atom stereocenters. The number of hydrogen-bond donors (Lipinski definition) is 1. The summed E-state index contributed by atoms with van der Waals surface area (Å²) in [7, 11) is 2.10. The maximum Gasteiger partial charge on any atom is 0.00979 e. The molecule has 0 amide bonds. The summed E-state index contributed by atoms with van der Waals surface area (Å²) in [6.45, 7) is 1.25. The van der Waals surface area contributed by atoms with E-state index in [1.54, 1.807) is 0 Å². The van der Waals surface area contributed by atoms with Crippen LogP contribution in [0.15, 0.2) is 0 Å². The van der Waals surface area contributed by atoms with Crippen molar-refractivity contribution in [1.82, 2.24) is 5.32 Å². The molecular weight excluding hydrogens is 178 g/mol. The van der Waals surface area contributed by atoms with E-state index in [1.807, 2.05) is 0 Å². The van der Waals surface area contributed by atoms with Crippen LogP contribution in [0.4, 0.5) is 0 Å². The number of nitrogens with one attached hydrogen (secondary N) is 1. The van der Waals surface area contributed by atoms with Crippen molar-refractivity contribution in [3.05, 3.63) is 0 Å². The lowest BCUT2D eigenvalue weighted by molar-refractivity contribution is 0.311. The standard InChI is InChI=1S/C11H21NS/c1-12-8-10(11-6-7-13-11)9-4-2-3-5-9/h9-12H,2-8H2,1H3. The van der Waals surface area contributed by atoms with Gasteiger partial charge in [0.05, 0.1) is 0 Å². The molecule has 1 N–H and O–H groups in total. The molecule has 2 heteroatoms. The highest BCUT2D eigenvalue weighted by Gasteiger charge is 2.34. The SMILES string of the molecule is CNCC(C1CCCC1)C1CCS1. The van der Waals surface area contributed by atoms with Crippen LogP contribution in [0.5, 0.6) is 0 Å². The molecular formula is C11H21NS. The van der Waals surface area contributed by atoms with Crippen LogP contribution in [0.25, 0.3) is 0 Å². The third-order valence-electron chi connectivity index (χ3n) is 3.66. The topological polar surface area (TPSA) is 12.0 Å². The van der Waals surface area contributed by atoms with E-state index in [4.69, 9.17) is 0 Å². The number of thioether (sulfide) groups is 1. The predicted octanol–water partition coefficient (Wildman–Crippen LogP) is 2.52. The van der Waals surface area contributed by atoms with Gasteiger partial charge in [-0.3, -0.25) is 0 Å². The molecule has 1 saturated carbocycles. The molecule has 1 aliphatic heterocycles. The Morgan fingerprint density at radius 1 is 1.31 bits per heavy atom. The Kier molecular flexibility index (Phi) is 3.56. The molecule has 1 heterocycles. The molecule has 2 fully saturated rings. The summed E-state index contributed by atoms with van der Waals surface area (Å²) in [4.78, 5) is 0. The zero-order valence-corrected chi connectivity index (χ0v) is 9.41. The quantitative estimate of drug-likeness (QED) is 0.746. The van der Waals surface area contributed by atoms with E-state index in [0.29, 0.717) is 0 Å². The van der Waals surface area contributed by atoms with Crippen molar-refractivity contribution < 1.29 is 0 Å². The normalized spacial score (nSPS) is 31.6. The Morgan fingerprint density at radius 3 is 2.46 bits per heavy atom. The molecule has 76 valence electrons. The molecule has 0 bridgehead atoms. The van der Waals surface area contributed by atoms with E-state index in [9.17, 15) is 0 Å². The van der Waals surface area contributed by atoms with Crippen molar-refractivity contribution in [1.29, 1.82) is 0 Å². The molecule has 1 nitrogen and oxygen atoms in total. The van der Waals surface area contributed by atoms with Gasteiger partial charge in [-0.1, -0.05) is 25.7 Å². The number of hydrogen-bond acceptors (Lipinski definition) is 2. The van der Waals surface area contributed by atoms with E-state index in [1.165, 1.54) is 44.4 Å².